The predicted octanol–water partition coefficient (Wildman–Crippen LogP) is 1.83. The number of hydrogen-bond donors (Lipinski definition) is 1. The Morgan fingerprint density at radius 2 is 1.63 bits per heavy atom. The van der Waals surface area contributed by atoms with Gasteiger partial charge in [0.1, 0.15) is 0 Å². The molecule has 0 radical (unpaired) electrons. The van der Waals surface area contributed by atoms with Gasteiger partial charge in [0.05, 0.1) is 15.9 Å². The summed E-state index contributed by atoms with van der Waals surface area (Å²) in [6.45, 7) is 3.22. The summed E-state index contributed by atoms with van der Waals surface area (Å²) in [4.78, 5) is 0.234. The minimum absolute atomic E-state index is 0.115. The van der Waals surface area contributed by atoms with Gasteiger partial charge in [0.2, 0.25) is 0 Å². The maximum atomic E-state index is 12.0. The summed E-state index contributed by atoms with van der Waals surface area (Å²) in [6.07, 6.45) is 0.307. The lowest BCUT2D eigenvalue weighted by molar-refractivity contribution is 0.465. The number of sulfone groups is 1. The summed E-state index contributed by atoms with van der Waals surface area (Å²) < 4.78 is 54.3. The Morgan fingerprint density at radius 1 is 1.11 bits per heavy atom. The molecule has 0 saturated carbocycles. The van der Waals surface area contributed by atoms with Gasteiger partial charge in [-0.25, -0.2) is 8.42 Å². The molecule has 0 fully saturated rings. The maximum absolute atomic E-state index is 12.0. The van der Waals surface area contributed by atoms with Crippen LogP contribution in [0.5, 0.6) is 0 Å². The van der Waals surface area contributed by atoms with Crippen LogP contribution in [0.3, 0.4) is 0 Å². The highest BCUT2D eigenvalue weighted by atomic mass is 32.2. The van der Waals surface area contributed by atoms with Crippen LogP contribution in [-0.4, -0.2) is 32.4 Å². The lowest BCUT2D eigenvalue weighted by Gasteiger charge is -2.08. The number of aryl methyl sites for hydroxylation is 1. The number of benzene rings is 1. The summed E-state index contributed by atoms with van der Waals surface area (Å²) >= 11 is 0. The van der Waals surface area contributed by atoms with Gasteiger partial charge in [-0.15, -0.1) is 0 Å². The summed E-state index contributed by atoms with van der Waals surface area (Å²) in [5.74, 6) is -0.129. The molecule has 0 aliphatic rings. The summed E-state index contributed by atoms with van der Waals surface area (Å²) in [5, 5.41) is -0.944. The van der Waals surface area contributed by atoms with Crippen molar-refractivity contribution in [3.8, 4) is 0 Å². The van der Waals surface area contributed by atoms with E-state index in [4.69, 9.17) is 4.55 Å². The lowest BCUT2D eigenvalue weighted by atomic mass is 10.2. The maximum Gasteiger partial charge on any atom is 0.267 e. The average Bonchev–Trinajstić information content (AvgIpc) is 2.28. The van der Waals surface area contributed by atoms with E-state index < -0.39 is 25.2 Å². The van der Waals surface area contributed by atoms with Gasteiger partial charge in [0.15, 0.2) is 9.84 Å². The Hall–Kier alpha value is -0.920. The van der Waals surface area contributed by atoms with E-state index in [0.29, 0.717) is 0 Å². The Labute approximate surface area is 114 Å². The van der Waals surface area contributed by atoms with E-state index in [0.717, 1.165) is 5.56 Å². The van der Waals surface area contributed by atoms with E-state index in [1.807, 2.05) is 6.92 Å². The zero-order valence-electron chi connectivity index (χ0n) is 10.9. The Bertz CT molecular complexity index is 615. The molecule has 1 unspecified atom stereocenters. The largest absolute Gasteiger partial charge is 0.285 e. The van der Waals surface area contributed by atoms with Crippen molar-refractivity contribution >= 4 is 20.0 Å². The molecular formula is C12H18O5S2. The van der Waals surface area contributed by atoms with E-state index in [1.54, 1.807) is 12.1 Å². The zero-order chi connectivity index (χ0) is 14.7. The Balaban J connectivity index is 2.64. The second-order valence-electron chi connectivity index (χ2n) is 4.60. The number of rotatable bonds is 6. The van der Waals surface area contributed by atoms with E-state index in [1.165, 1.54) is 19.1 Å². The van der Waals surface area contributed by atoms with Gasteiger partial charge < -0.3 is 0 Å². The third-order valence-electron chi connectivity index (χ3n) is 2.91. The van der Waals surface area contributed by atoms with Crippen LogP contribution in [0.15, 0.2) is 29.2 Å². The van der Waals surface area contributed by atoms with E-state index >= 15 is 0 Å². The molecule has 0 bridgehead atoms. The van der Waals surface area contributed by atoms with E-state index in [9.17, 15) is 16.8 Å². The van der Waals surface area contributed by atoms with Crippen molar-refractivity contribution < 1.29 is 21.4 Å². The molecule has 1 aromatic rings. The van der Waals surface area contributed by atoms with E-state index in [2.05, 4.69) is 0 Å². The normalized spacial score (nSPS) is 14.3. The molecule has 0 aromatic heterocycles. The minimum atomic E-state index is -4.09. The van der Waals surface area contributed by atoms with E-state index in [-0.39, 0.29) is 23.5 Å². The van der Waals surface area contributed by atoms with Crippen molar-refractivity contribution in [3.63, 3.8) is 0 Å². The van der Waals surface area contributed by atoms with Crippen LogP contribution in [0.1, 0.15) is 25.3 Å². The molecule has 7 heteroatoms. The third kappa shape index (κ3) is 4.93. The molecule has 1 N–H and O–H groups in total. The van der Waals surface area contributed by atoms with Crippen LogP contribution in [0.4, 0.5) is 0 Å². The molecule has 0 spiro atoms. The van der Waals surface area contributed by atoms with Crippen LogP contribution < -0.4 is 0 Å². The van der Waals surface area contributed by atoms with Crippen molar-refractivity contribution in [1.29, 1.82) is 0 Å². The minimum Gasteiger partial charge on any atom is -0.285 e. The molecule has 0 aliphatic heterocycles. The van der Waals surface area contributed by atoms with Crippen LogP contribution in [0, 0.1) is 6.92 Å². The first kappa shape index (κ1) is 16.1. The second kappa shape index (κ2) is 6.02. The molecule has 1 rings (SSSR count). The van der Waals surface area contributed by atoms with Crippen molar-refractivity contribution in [3.05, 3.63) is 29.8 Å². The van der Waals surface area contributed by atoms with Gasteiger partial charge in [-0.1, -0.05) is 17.7 Å². The van der Waals surface area contributed by atoms with Gasteiger partial charge in [0.25, 0.3) is 10.1 Å². The lowest BCUT2D eigenvalue weighted by Crippen LogP contribution is -2.18. The zero-order valence-corrected chi connectivity index (χ0v) is 12.5. The summed E-state index contributed by atoms with van der Waals surface area (Å²) in [6, 6.07) is 6.51. The highest BCUT2D eigenvalue weighted by Gasteiger charge is 2.19. The monoisotopic (exact) mass is 306 g/mol. The van der Waals surface area contributed by atoms with Gasteiger partial charge >= 0.3 is 0 Å². The molecular weight excluding hydrogens is 288 g/mol. The van der Waals surface area contributed by atoms with Crippen molar-refractivity contribution in [2.75, 3.05) is 5.75 Å². The van der Waals surface area contributed by atoms with Crippen molar-refractivity contribution in [1.82, 2.24) is 0 Å². The van der Waals surface area contributed by atoms with Crippen LogP contribution >= 0.6 is 0 Å². The molecule has 19 heavy (non-hydrogen) atoms. The predicted molar refractivity (Wildman–Crippen MR) is 73.5 cm³/mol. The molecule has 5 nitrogen and oxygen atoms in total. The standard InChI is InChI=1S/C12H18O5S2/c1-10-5-7-12(8-6-10)18(13,14)9-3-4-11(2)19(15,16)17/h5-8,11H,3-4,9H2,1-2H3,(H,15,16,17). The fourth-order valence-corrected chi connectivity index (χ4v) is 3.37. The first-order valence-electron chi connectivity index (χ1n) is 5.88. The fraction of sp³-hybridized carbons (Fsp3) is 0.500. The Morgan fingerprint density at radius 3 is 2.11 bits per heavy atom. The van der Waals surface area contributed by atoms with Crippen LogP contribution in [0.25, 0.3) is 0 Å². The topological polar surface area (TPSA) is 88.5 Å². The van der Waals surface area contributed by atoms with Crippen LogP contribution in [0.2, 0.25) is 0 Å². The fourth-order valence-electron chi connectivity index (χ4n) is 1.57. The van der Waals surface area contributed by atoms with Crippen LogP contribution in [-0.2, 0) is 20.0 Å². The van der Waals surface area contributed by atoms with Gasteiger partial charge in [-0.3, -0.25) is 4.55 Å². The molecule has 0 saturated heterocycles. The summed E-state index contributed by atoms with van der Waals surface area (Å²) in [7, 11) is -7.48. The van der Waals surface area contributed by atoms with Gasteiger partial charge in [-0.05, 0) is 38.8 Å². The molecule has 1 atom stereocenters. The number of hydrogen-bond acceptors (Lipinski definition) is 4. The molecule has 0 heterocycles. The quantitative estimate of drug-likeness (QED) is 0.810. The average molecular weight is 306 g/mol. The molecule has 0 aliphatic carbocycles. The highest BCUT2D eigenvalue weighted by molar-refractivity contribution is 7.91. The molecule has 0 amide bonds. The Kier molecular flexibility index (Phi) is 5.11. The van der Waals surface area contributed by atoms with Gasteiger partial charge in [-0.2, -0.15) is 8.42 Å². The second-order valence-corrected chi connectivity index (χ2v) is 8.54. The summed E-state index contributed by atoms with van der Waals surface area (Å²) in [5.41, 5.74) is 0.971. The van der Waals surface area contributed by atoms with Crippen molar-refractivity contribution in [2.24, 2.45) is 0 Å². The third-order valence-corrected chi connectivity index (χ3v) is 5.98. The first-order valence-corrected chi connectivity index (χ1v) is 9.04. The first-order chi connectivity index (χ1) is 8.63. The van der Waals surface area contributed by atoms with Crippen molar-refractivity contribution in [2.45, 2.75) is 36.8 Å². The smallest absolute Gasteiger partial charge is 0.267 e. The molecule has 108 valence electrons. The highest BCUT2D eigenvalue weighted by Crippen LogP contribution is 2.15. The van der Waals surface area contributed by atoms with Gasteiger partial charge in [0, 0.05) is 0 Å². The SMILES string of the molecule is Cc1ccc(S(=O)(=O)CCCC(C)S(=O)(=O)O)cc1. The molecule has 1 aromatic carbocycles.